The van der Waals surface area contributed by atoms with Crippen LogP contribution in [-0.4, -0.2) is 46.2 Å². The molecule has 0 saturated heterocycles. The van der Waals surface area contributed by atoms with Crippen molar-refractivity contribution < 1.29 is 37.0 Å². The minimum atomic E-state index is -4.71. The van der Waals surface area contributed by atoms with Crippen molar-refractivity contribution in [2.45, 2.75) is 38.8 Å². The van der Waals surface area contributed by atoms with Crippen LogP contribution in [0.3, 0.4) is 0 Å². The molecule has 1 saturated carbocycles. The first kappa shape index (κ1) is 23.7. The molecule has 180 valence electrons. The summed E-state index contributed by atoms with van der Waals surface area (Å²) < 4.78 is 51.2. The topological polar surface area (TPSA) is 112 Å². The third-order valence-corrected chi connectivity index (χ3v) is 6.43. The van der Waals surface area contributed by atoms with Crippen LogP contribution in [0.15, 0.2) is 12.3 Å². The summed E-state index contributed by atoms with van der Waals surface area (Å²) in [4.78, 5) is 42.0. The van der Waals surface area contributed by atoms with Crippen LogP contribution in [0, 0.1) is 6.92 Å². The molecule has 3 heterocycles. The van der Waals surface area contributed by atoms with Crippen molar-refractivity contribution in [1.29, 1.82) is 0 Å². The summed E-state index contributed by atoms with van der Waals surface area (Å²) in [6, 6.07) is 0.947. The molecule has 1 amide bonds. The maximum absolute atomic E-state index is 13.6. The molecule has 34 heavy (non-hydrogen) atoms. The minimum Gasteiger partial charge on any atom is -0.465 e. The van der Waals surface area contributed by atoms with Gasteiger partial charge in [0.1, 0.15) is 21.1 Å². The third kappa shape index (κ3) is 4.22. The number of rotatable bonds is 6. The molecule has 0 unspecified atom stereocenters. The lowest BCUT2D eigenvalue weighted by molar-refractivity contribution is -0.142. The number of nitrogens with zero attached hydrogens (tertiary/aromatic N) is 3. The first-order valence-electron chi connectivity index (χ1n) is 10.2. The highest BCUT2D eigenvalue weighted by molar-refractivity contribution is 7.18. The number of fused-ring (bicyclic) bond motifs is 1. The molecule has 1 N–H and O–H groups in total. The van der Waals surface area contributed by atoms with Gasteiger partial charge in [-0.15, -0.1) is 11.3 Å². The van der Waals surface area contributed by atoms with Gasteiger partial charge in [-0.3, -0.25) is 4.79 Å². The van der Waals surface area contributed by atoms with E-state index in [2.05, 4.69) is 15.4 Å². The van der Waals surface area contributed by atoms with Crippen LogP contribution >= 0.6 is 11.3 Å². The first-order valence-corrected chi connectivity index (χ1v) is 11.0. The summed E-state index contributed by atoms with van der Waals surface area (Å²) in [5, 5.41) is 6.22. The number of anilines is 1. The van der Waals surface area contributed by atoms with Crippen molar-refractivity contribution in [3.05, 3.63) is 45.2 Å². The predicted molar refractivity (Wildman–Crippen MR) is 114 cm³/mol. The summed E-state index contributed by atoms with van der Waals surface area (Å²) in [5.74, 6) is -2.43. The van der Waals surface area contributed by atoms with Gasteiger partial charge in [0, 0.05) is 11.6 Å². The maximum atomic E-state index is 13.6. The first-order chi connectivity index (χ1) is 16.1. The van der Waals surface area contributed by atoms with E-state index in [-0.39, 0.29) is 50.4 Å². The van der Waals surface area contributed by atoms with E-state index < -0.39 is 29.7 Å². The van der Waals surface area contributed by atoms with Crippen molar-refractivity contribution in [2.24, 2.45) is 0 Å². The van der Waals surface area contributed by atoms with Crippen LogP contribution < -0.4 is 5.32 Å². The summed E-state index contributed by atoms with van der Waals surface area (Å²) >= 11 is 0.799. The summed E-state index contributed by atoms with van der Waals surface area (Å²) in [7, 11) is 1.14. The van der Waals surface area contributed by atoms with Crippen LogP contribution in [0.4, 0.5) is 18.2 Å². The fourth-order valence-corrected chi connectivity index (χ4v) is 4.53. The average Bonchev–Trinajstić information content (AvgIpc) is 3.46. The van der Waals surface area contributed by atoms with Gasteiger partial charge in [0.15, 0.2) is 5.65 Å². The van der Waals surface area contributed by atoms with E-state index in [1.165, 1.54) is 6.92 Å². The number of alkyl halides is 3. The normalized spacial score (nSPS) is 13.7. The molecule has 0 bridgehead atoms. The molecule has 0 aliphatic heterocycles. The van der Waals surface area contributed by atoms with Crippen molar-refractivity contribution >= 4 is 39.8 Å². The van der Waals surface area contributed by atoms with Crippen molar-refractivity contribution in [2.75, 3.05) is 19.0 Å². The maximum Gasteiger partial charge on any atom is 0.433 e. The van der Waals surface area contributed by atoms with Crippen LogP contribution in [0.1, 0.15) is 73.0 Å². The van der Waals surface area contributed by atoms with Gasteiger partial charge in [-0.2, -0.15) is 18.3 Å². The summed E-state index contributed by atoms with van der Waals surface area (Å²) in [6.45, 7) is 3.22. The van der Waals surface area contributed by atoms with E-state index >= 15 is 0 Å². The van der Waals surface area contributed by atoms with Crippen molar-refractivity contribution in [3.8, 4) is 0 Å². The monoisotopic (exact) mass is 496 g/mol. The predicted octanol–water partition coefficient (Wildman–Crippen LogP) is 4.21. The second-order valence-corrected chi connectivity index (χ2v) is 8.58. The number of carbonyl (C=O) groups is 3. The lowest BCUT2D eigenvalue weighted by atomic mass is 10.1. The Morgan fingerprint density at radius 1 is 1.26 bits per heavy atom. The molecule has 9 nitrogen and oxygen atoms in total. The molecule has 0 spiro atoms. The number of methoxy groups -OCH3 is 1. The van der Waals surface area contributed by atoms with Gasteiger partial charge in [0.25, 0.3) is 5.91 Å². The molecular formula is C21H19F3N4O5S. The van der Waals surface area contributed by atoms with Crippen molar-refractivity contribution in [3.63, 3.8) is 0 Å². The third-order valence-electron chi connectivity index (χ3n) is 5.25. The highest BCUT2D eigenvalue weighted by Crippen LogP contribution is 2.41. The molecule has 0 aromatic carbocycles. The van der Waals surface area contributed by atoms with Gasteiger partial charge in [0.2, 0.25) is 0 Å². The van der Waals surface area contributed by atoms with Gasteiger partial charge in [-0.1, -0.05) is 0 Å². The smallest absolute Gasteiger partial charge is 0.433 e. The number of carbonyl (C=O) groups excluding carboxylic acids is 3. The second-order valence-electron chi connectivity index (χ2n) is 7.56. The van der Waals surface area contributed by atoms with E-state index in [4.69, 9.17) is 9.47 Å². The number of hydrogen-bond donors (Lipinski definition) is 1. The molecule has 1 aliphatic rings. The SMILES string of the molecule is CCOC(=O)c1sc(NC(=O)c2cnn3c(C(F)(F)F)cc(C4CC4)nc23)c(C(=O)OC)c1C. The number of ether oxygens (including phenoxy) is 2. The Hall–Kier alpha value is -3.48. The molecule has 3 aromatic rings. The van der Waals surface area contributed by atoms with Gasteiger partial charge in [-0.25, -0.2) is 19.1 Å². The van der Waals surface area contributed by atoms with Gasteiger partial charge >= 0.3 is 18.1 Å². The lowest BCUT2D eigenvalue weighted by Gasteiger charge is -2.11. The Morgan fingerprint density at radius 3 is 2.56 bits per heavy atom. The van der Waals surface area contributed by atoms with Crippen LogP contribution in [-0.2, 0) is 15.7 Å². The Kier molecular flexibility index (Phi) is 6.06. The molecule has 1 fully saturated rings. The number of hydrogen-bond acceptors (Lipinski definition) is 8. The number of nitrogens with one attached hydrogen (secondary N) is 1. The zero-order chi connectivity index (χ0) is 24.8. The number of halogens is 3. The van der Waals surface area contributed by atoms with Gasteiger partial charge < -0.3 is 14.8 Å². The fourth-order valence-electron chi connectivity index (χ4n) is 3.44. The molecule has 3 aromatic heterocycles. The summed E-state index contributed by atoms with van der Waals surface area (Å²) in [5.41, 5.74) is -1.08. The number of thiophene rings is 1. The fraction of sp³-hybridized carbons (Fsp3) is 0.381. The quantitative estimate of drug-likeness (QED) is 0.509. The van der Waals surface area contributed by atoms with Gasteiger partial charge in [-0.05, 0) is 38.3 Å². The molecular weight excluding hydrogens is 477 g/mol. The lowest BCUT2D eigenvalue weighted by Crippen LogP contribution is -2.17. The van der Waals surface area contributed by atoms with E-state index in [0.29, 0.717) is 17.4 Å². The zero-order valence-electron chi connectivity index (χ0n) is 18.3. The highest BCUT2D eigenvalue weighted by atomic mass is 32.1. The standard InChI is InChI=1S/C21H19F3N4O5S/c1-4-33-20(31)15-9(2)14(19(30)32-3)18(34-15)27-17(29)11-8-25-28-13(21(22,23)24)7-12(10-5-6-10)26-16(11)28/h7-8,10H,4-6H2,1-3H3,(H,27,29). The van der Waals surface area contributed by atoms with Crippen LogP contribution in [0.5, 0.6) is 0 Å². The minimum absolute atomic E-state index is 0.00820. The molecule has 4 rings (SSSR count). The number of esters is 2. The van der Waals surface area contributed by atoms with E-state index in [1.807, 2.05) is 0 Å². The van der Waals surface area contributed by atoms with E-state index in [9.17, 15) is 27.6 Å². The zero-order valence-corrected chi connectivity index (χ0v) is 19.1. The molecule has 13 heteroatoms. The van der Waals surface area contributed by atoms with Crippen LogP contribution in [0.2, 0.25) is 0 Å². The molecule has 1 aliphatic carbocycles. The Morgan fingerprint density at radius 2 is 1.97 bits per heavy atom. The summed E-state index contributed by atoms with van der Waals surface area (Å²) in [6.07, 6.45) is -2.30. The Labute approximate surface area is 194 Å². The Bertz CT molecular complexity index is 1310. The molecule has 0 radical (unpaired) electrons. The van der Waals surface area contributed by atoms with Crippen molar-refractivity contribution in [1.82, 2.24) is 14.6 Å². The molecule has 0 atom stereocenters. The average molecular weight is 496 g/mol. The van der Waals surface area contributed by atoms with E-state index in [0.717, 1.165) is 30.7 Å². The second kappa shape index (κ2) is 8.70. The Balaban J connectivity index is 1.77. The highest BCUT2D eigenvalue weighted by Gasteiger charge is 2.38. The van der Waals surface area contributed by atoms with Gasteiger partial charge in [0.05, 0.1) is 25.5 Å². The number of aromatic nitrogens is 3. The number of amides is 1. The van der Waals surface area contributed by atoms with E-state index in [1.54, 1.807) is 6.92 Å². The largest absolute Gasteiger partial charge is 0.465 e. The van der Waals surface area contributed by atoms with Crippen LogP contribution in [0.25, 0.3) is 5.65 Å².